The third-order valence-electron chi connectivity index (χ3n) is 1.56. The summed E-state index contributed by atoms with van der Waals surface area (Å²) in [4.78, 5) is 0. The van der Waals surface area contributed by atoms with Crippen LogP contribution in [0, 0.1) is 0 Å². The Bertz CT molecular complexity index is 86.2. The summed E-state index contributed by atoms with van der Waals surface area (Å²) in [6.07, 6.45) is 0.604. The van der Waals surface area contributed by atoms with E-state index < -0.39 is 5.72 Å². The van der Waals surface area contributed by atoms with Crippen molar-refractivity contribution in [3.8, 4) is 0 Å². The monoisotopic (exact) mass is 176 g/mol. The van der Waals surface area contributed by atoms with Gasteiger partial charge >= 0.3 is 0 Å². The van der Waals surface area contributed by atoms with Crippen molar-refractivity contribution in [1.29, 1.82) is 0 Å². The average Bonchev–Trinajstić information content (AvgIpc) is 2.07. The first-order chi connectivity index (χ1) is 5.56. The quantitative estimate of drug-likeness (QED) is 0.479. The molecule has 0 radical (unpaired) electrons. The molecule has 0 aromatic carbocycles. The molecule has 1 fully saturated rings. The summed E-state index contributed by atoms with van der Waals surface area (Å²) in [6, 6.07) is 0. The first kappa shape index (κ1) is 11.8. The largest absolute Gasteiger partial charge is 0.379 e. The molecule has 0 aromatic heterocycles. The summed E-state index contributed by atoms with van der Waals surface area (Å²) in [5, 5.41) is 11.8. The van der Waals surface area contributed by atoms with Crippen LogP contribution < -0.4 is 11.1 Å². The fraction of sp³-hybridized carbons (Fsp3) is 1.00. The highest BCUT2D eigenvalue weighted by Gasteiger charge is 2.06. The van der Waals surface area contributed by atoms with E-state index in [1.54, 1.807) is 6.92 Å². The van der Waals surface area contributed by atoms with Crippen LogP contribution in [0.2, 0.25) is 0 Å². The van der Waals surface area contributed by atoms with Gasteiger partial charge in [-0.2, -0.15) is 0 Å². The Kier molecular flexibility index (Phi) is 6.28. The lowest BCUT2D eigenvalue weighted by molar-refractivity contribution is 0.0632. The van der Waals surface area contributed by atoms with Crippen LogP contribution in [-0.2, 0) is 4.74 Å². The SMILES string of the molecule is C1COCCN1.CCC(C)(N)O. The molecule has 0 saturated carbocycles. The van der Waals surface area contributed by atoms with E-state index in [9.17, 15) is 0 Å². The zero-order chi connectivity index (χ0) is 9.45. The smallest absolute Gasteiger partial charge is 0.110 e. The maximum absolute atomic E-state index is 8.60. The number of ether oxygens (including phenoxy) is 1. The number of nitrogens with one attached hydrogen (secondary N) is 1. The van der Waals surface area contributed by atoms with E-state index in [1.165, 1.54) is 0 Å². The van der Waals surface area contributed by atoms with Gasteiger partial charge in [-0.1, -0.05) is 6.92 Å². The number of hydrogen-bond donors (Lipinski definition) is 3. The molecule has 4 N–H and O–H groups in total. The van der Waals surface area contributed by atoms with Crippen molar-refractivity contribution in [1.82, 2.24) is 5.32 Å². The van der Waals surface area contributed by atoms with Gasteiger partial charge in [-0.3, -0.25) is 0 Å². The molecule has 0 aliphatic carbocycles. The molecule has 0 amide bonds. The van der Waals surface area contributed by atoms with Crippen molar-refractivity contribution in [2.75, 3.05) is 26.3 Å². The molecule has 0 bridgehead atoms. The van der Waals surface area contributed by atoms with Crippen molar-refractivity contribution in [2.24, 2.45) is 5.73 Å². The molecule has 1 unspecified atom stereocenters. The Morgan fingerprint density at radius 1 is 1.50 bits per heavy atom. The van der Waals surface area contributed by atoms with Crippen LogP contribution in [0.1, 0.15) is 20.3 Å². The highest BCUT2D eigenvalue weighted by molar-refractivity contribution is 4.56. The zero-order valence-electron chi connectivity index (χ0n) is 7.97. The maximum atomic E-state index is 8.60. The first-order valence-electron chi connectivity index (χ1n) is 4.36. The number of rotatable bonds is 1. The second kappa shape index (κ2) is 6.37. The molecule has 1 heterocycles. The molecule has 1 rings (SSSR count). The van der Waals surface area contributed by atoms with Crippen LogP contribution in [0.5, 0.6) is 0 Å². The summed E-state index contributed by atoms with van der Waals surface area (Å²) < 4.78 is 5.01. The molecule has 0 aromatic rings. The number of morpholine rings is 1. The highest BCUT2D eigenvalue weighted by Crippen LogP contribution is 1.94. The Hall–Kier alpha value is -0.160. The second-order valence-electron chi connectivity index (χ2n) is 3.07. The molecule has 4 heteroatoms. The molecule has 1 saturated heterocycles. The van der Waals surface area contributed by atoms with E-state index in [2.05, 4.69) is 5.32 Å². The maximum Gasteiger partial charge on any atom is 0.110 e. The summed E-state index contributed by atoms with van der Waals surface area (Å²) in [5.41, 5.74) is 4.13. The number of hydrogen-bond acceptors (Lipinski definition) is 4. The summed E-state index contributed by atoms with van der Waals surface area (Å²) in [6.45, 7) is 7.24. The Morgan fingerprint density at radius 3 is 2.00 bits per heavy atom. The molecular formula is C8H20N2O2. The third kappa shape index (κ3) is 9.84. The normalized spacial score (nSPS) is 22.0. The van der Waals surface area contributed by atoms with E-state index in [4.69, 9.17) is 15.6 Å². The molecule has 4 nitrogen and oxygen atoms in total. The molecular weight excluding hydrogens is 156 g/mol. The number of nitrogens with two attached hydrogens (primary N) is 1. The second-order valence-corrected chi connectivity index (χ2v) is 3.07. The van der Waals surface area contributed by atoms with Crippen molar-refractivity contribution >= 4 is 0 Å². The van der Waals surface area contributed by atoms with Gasteiger partial charge in [-0.05, 0) is 13.3 Å². The van der Waals surface area contributed by atoms with Gasteiger partial charge in [0, 0.05) is 13.1 Å². The van der Waals surface area contributed by atoms with Gasteiger partial charge < -0.3 is 20.9 Å². The van der Waals surface area contributed by atoms with Crippen LogP contribution >= 0.6 is 0 Å². The minimum Gasteiger partial charge on any atom is -0.379 e. The van der Waals surface area contributed by atoms with Crippen molar-refractivity contribution in [3.05, 3.63) is 0 Å². The van der Waals surface area contributed by atoms with Gasteiger partial charge in [-0.15, -0.1) is 0 Å². The molecule has 12 heavy (non-hydrogen) atoms. The molecule has 1 aliphatic heterocycles. The zero-order valence-corrected chi connectivity index (χ0v) is 7.97. The van der Waals surface area contributed by atoms with Crippen LogP contribution in [0.4, 0.5) is 0 Å². The Balaban J connectivity index is 0.000000202. The molecule has 1 atom stereocenters. The standard InChI is InChI=1S/C4H9NO.C4H11NO/c1-3-6-4-2-5-1;1-3-4(2,5)6/h5H,1-4H2;6H,3,5H2,1-2H3. The molecule has 74 valence electrons. The average molecular weight is 176 g/mol. The van der Waals surface area contributed by atoms with Gasteiger partial charge in [0.2, 0.25) is 0 Å². The van der Waals surface area contributed by atoms with Gasteiger partial charge in [0.05, 0.1) is 13.2 Å². The van der Waals surface area contributed by atoms with E-state index >= 15 is 0 Å². The predicted octanol–water partition coefficient (Wildman–Crippen LogP) is -0.330. The lowest BCUT2D eigenvalue weighted by atomic mass is 10.2. The van der Waals surface area contributed by atoms with E-state index in [0.29, 0.717) is 6.42 Å². The fourth-order valence-corrected chi connectivity index (χ4v) is 0.516. The summed E-state index contributed by atoms with van der Waals surface area (Å²) in [5.74, 6) is 0. The first-order valence-corrected chi connectivity index (χ1v) is 4.36. The van der Waals surface area contributed by atoms with Crippen LogP contribution in [0.25, 0.3) is 0 Å². The van der Waals surface area contributed by atoms with Crippen LogP contribution in [-0.4, -0.2) is 37.1 Å². The summed E-state index contributed by atoms with van der Waals surface area (Å²) in [7, 11) is 0. The van der Waals surface area contributed by atoms with Gasteiger partial charge in [0.1, 0.15) is 5.72 Å². The Morgan fingerprint density at radius 2 is 1.92 bits per heavy atom. The van der Waals surface area contributed by atoms with E-state index in [0.717, 1.165) is 26.3 Å². The van der Waals surface area contributed by atoms with Gasteiger partial charge in [0.15, 0.2) is 0 Å². The lowest BCUT2D eigenvalue weighted by Crippen LogP contribution is -2.34. The van der Waals surface area contributed by atoms with Crippen LogP contribution in [0.15, 0.2) is 0 Å². The third-order valence-corrected chi connectivity index (χ3v) is 1.56. The van der Waals surface area contributed by atoms with Crippen molar-refractivity contribution in [3.63, 3.8) is 0 Å². The minimum atomic E-state index is -0.958. The van der Waals surface area contributed by atoms with Gasteiger partial charge in [0.25, 0.3) is 0 Å². The summed E-state index contributed by atoms with van der Waals surface area (Å²) >= 11 is 0. The van der Waals surface area contributed by atoms with Crippen LogP contribution in [0.3, 0.4) is 0 Å². The van der Waals surface area contributed by atoms with Gasteiger partial charge in [-0.25, -0.2) is 0 Å². The number of aliphatic hydroxyl groups is 1. The van der Waals surface area contributed by atoms with E-state index in [1.807, 2.05) is 6.92 Å². The minimum absolute atomic E-state index is 0.604. The fourth-order valence-electron chi connectivity index (χ4n) is 0.516. The lowest BCUT2D eigenvalue weighted by Gasteiger charge is -2.11. The molecule has 0 spiro atoms. The van der Waals surface area contributed by atoms with Crippen molar-refractivity contribution < 1.29 is 9.84 Å². The van der Waals surface area contributed by atoms with E-state index in [-0.39, 0.29) is 0 Å². The molecule has 1 aliphatic rings. The predicted molar refractivity (Wildman–Crippen MR) is 48.8 cm³/mol. The topological polar surface area (TPSA) is 67.5 Å². The Labute approximate surface area is 74.1 Å². The van der Waals surface area contributed by atoms with Crippen molar-refractivity contribution in [2.45, 2.75) is 26.0 Å². The highest BCUT2D eigenvalue weighted by atomic mass is 16.5.